The largest absolute Gasteiger partial charge is 0.354 e. The molecule has 0 spiro atoms. The fourth-order valence-corrected chi connectivity index (χ4v) is 5.03. The number of benzene rings is 3. The molecule has 0 aliphatic carbocycles. The van der Waals surface area contributed by atoms with Crippen LogP contribution in [0.15, 0.2) is 89.8 Å². The second-order valence-corrected chi connectivity index (χ2v) is 10.1. The van der Waals surface area contributed by atoms with Crippen molar-refractivity contribution in [3.63, 3.8) is 0 Å². The van der Waals surface area contributed by atoms with Crippen LogP contribution < -0.4 is 9.62 Å². The van der Waals surface area contributed by atoms with E-state index in [0.29, 0.717) is 6.54 Å². The molecule has 0 aliphatic heterocycles. The lowest BCUT2D eigenvalue weighted by molar-refractivity contribution is -0.139. The predicted octanol–water partition coefficient (Wildman–Crippen LogP) is 3.96. The van der Waals surface area contributed by atoms with E-state index in [2.05, 4.69) is 5.32 Å². The van der Waals surface area contributed by atoms with Crippen molar-refractivity contribution in [2.75, 3.05) is 17.4 Å². The fourth-order valence-electron chi connectivity index (χ4n) is 3.62. The standard InChI is InChI=1S/C27H30FN3O4S/c1-3-18-29-27(33)21(2)30(19-22-10-6-4-7-11-22)26(32)20-31(24-12-8-5-9-13-24)36(34,35)25-16-14-23(28)15-17-25/h4-17,21H,3,18-20H2,1-2H3,(H,29,33). The van der Waals surface area contributed by atoms with E-state index in [1.54, 1.807) is 37.3 Å². The first kappa shape index (κ1) is 26.9. The molecule has 0 saturated carbocycles. The minimum absolute atomic E-state index is 0.125. The molecule has 3 aromatic rings. The number of sulfonamides is 1. The number of nitrogens with zero attached hydrogens (tertiary/aromatic N) is 2. The van der Waals surface area contributed by atoms with Crippen LogP contribution in [-0.4, -0.2) is 44.3 Å². The smallest absolute Gasteiger partial charge is 0.264 e. The number of rotatable bonds is 11. The van der Waals surface area contributed by atoms with Crippen LogP contribution in [0.4, 0.5) is 10.1 Å². The van der Waals surface area contributed by atoms with Gasteiger partial charge in [-0.2, -0.15) is 0 Å². The lowest BCUT2D eigenvalue weighted by Gasteiger charge is -2.32. The highest BCUT2D eigenvalue weighted by molar-refractivity contribution is 7.92. The SMILES string of the molecule is CCCNC(=O)C(C)N(Cc1ccccc1)C(=O)CN(c1ccccc1)S(=O)(=O)c1ccc(F)cc1. The van der Waals surface area contributed by atoms with Crippen LogP contribution in [0.25, 0.3) is 0 Å². The summed E-state index contributed by atoms with van der Waals surface area (Å²) in [4.78, 5) is 27.7. The van der Waals surface area contributed by atoms with Crippen LogP contribution in [0.1, 0.15) is 25.8 Å². The third-order valence-electron chi connectivity index (χ3n) is 5.64. The average Bonchev–Trinajstić information content (AvgIpc) is 2.89. The van der Waals surface area contributed by atoms with Crippen LogP contribution in [0, 0.1) is 5.82 Å². The van der Waals surface area contributed by atoms with Gasteiger partial charge in [0.25, 0.3) is 10.0 Å². The minimum atomic E-state index is -4.21. The van der Waals surface area contributed by atoms with E-state index < -0.39 is 34.3 Å². The van der Waals surface area contributed by atoms with Crippen LogP contribution in [0.2, 0.25) is 0 Å². The van der Waals surface area contributed by atoms with Gasteiger partial charge in [-0.1, -0.05) is 55.5 Å². The molecule has 0 aliphatic rings. The van der Waals surface area contributed by atoms with E-state index in [0.717, 1.165) is 40.6 Å². The molecule has 0 fully saturated rings. The highest BCUT2D eigenvalue weighted by Gasteiger charge is 2.32. The van der Waals surface area contributed by atoms with Gasteiger partial charge in [0.1, 0.15) is 18.4 Å². The number of nitrogens with one attached hydrogen (secondary N) is 1. The van der Waals surface area contributed by atoms with Gasteiger partial charge < -0.3 is 10.2 Å². The van der Waals surface area contributed by atoms with Gasteiger partial charge in [0.15, 0.2) is 0 Å². The van der Waals surface area contributed by atoms with Crippen molar-refractivity contribution in [1.82, 2.24) is 10.2 Å². The third kappa shape index (κ3) is 6.69. The Morgan fingerprint density at radius 1 is 0.917 bits per heavy atom. The second-order valence-electron chi connectivity index (χ2n) is 8.28. The molecule has 1 N–H and O–H groups in total. The van der Waals surface area contributed by atoms with Crippen molar-refractivity contribution in [1.29, 1.82) is 0 Å². The molecule has 0 aromatic heterocycles. The van der Waals surface area contributed by atoms with Crippen molar-refractivity contribution in [2.24, 2.45) is 0 Å². The van der Waals surface area contributed by atoms with E-state index in [9.17, 15) is 22.4 Å². The van der Waals surface area contributed by atoms with Gasteiger partial charge in [0.05, 0.1) is 10.6 Å². The third-order valence-corrected chi connectivity index (χ3v) is 7.43. The Kier molecular flexibility index (Phi) is 9.19. The zero-order valence-corrected chi connectivity index (χ0v) is 21.1. The number of carbonyl (C=O) groups excluding carboxylic acids is 2. The predicted molar refractivity (Wildman–Crippen MR) is 137 cm³/mol. The maximum absolute atomic E-state index is 13.7. The molecule has 3 aromatic carbocycles. The minimum Gasteiger partial charge on any atom is -0.354 e. The molecule has 36 heavy (non-hydrogen) atoms. The summed E-state index contributed by atoms with van der Waals surface area (Å²) in [6.45, 7) is 3.59. The van der Waals surface area contributed by atoms with Crippen molar-refractivity contribution < 1.29 is 22.4 Å². The first-order valence-electron chi connectivity index (χ1n) is 11.7. The van der Waals surface area contributed by atoms with Crippen LogP contribution in [0.3, 0.4) is 0 Å². The maximum atomic E-state index is 13.7. The highest BCUT2D eigenvalue weighted by Crippen LogP contribution is 2.24. The number of hydrogen-bond donors (Lipinski definition) is 1. The Balaban J connectivity index is 1.97. The van der Waals surface area contributed by atoms with Gasteiger partial charge in [-0.15, -0.1) is 0 Å². The molecule has 0 heterocycles. The summed E-state index contributed by atoms with van der Waals surface area (Å²) in [5.74, 6) is -1.45. The summed E-state index contributed by atoms with van der Waals surface area (Å²) >= 11 is 0. The summed E-state index contributed by atoms with van der Waals surface area (Å²) in [6.07, 6.45) is 0.739. The van der Waals surface area contributed by atoms with E-state index in [-0.39, 0.29) is 23.0 Å². The van der Waals surface area contributed by atoms with Crippen molar-refractivity contribution in [3.8, 4) is 0 Å². The molecule has 7 nitrogen and oxygen atoms in total. The number of amides is 2. The summed E-state index contributed by atoms with van der Waals surface area (Å²) in [6, 6.07) is 21.0. The molecule has 0 radical (unpaired) electrons. The average molecular weight is 512 g/mol. The zero-order chi connectivity index (χ0) is 26.1. The van der Waals surface area contributed by atoms with Gasteiger partial charge in [0, 0.05) is 13.1 Å². The van der Waals surface area contributed by atoms with E-state index in [1.807, 2.05) is 37.3 Å². The number of anilines is 1. The Bertz CT molecular complexity index is 1250. The molecule has 0 saturated heterocycles. The Hall–Kier alpha value is -3.72. The summed E-state index contributed by atoms with van der Waals surface area (Å²) in [7, 11) is -4.21. The molecule has 0 bridgehead atoms. The van der Waals surface area contributed by atoms with Crippen LogP contribution in [-0.2, 0) is 26.2 Å². The second kappa shape index (κ2) is 12.3. The fraction of sp³-hybridized carbons (Fsp3) is 0.259. The molecule has 3 rings (SSSR count). The van der Waals surface area contributed by atoms with Gasteiger partial charge in [-0.05, 0) is 55.3 Å². The van der Waals surface area contributed by atoms with Gasteiger partial charge in [-0.25, -0.2) is 12.8 Å². The first-order valence-corrected chi connectivity index (χ1v) is 13.1. The number of para-hydroxylation sites is 1. The van der Waals surface area contributed by atoms with E-state index in [4.69, 9.17) is 0 Å². The van der Waals surface area contributed by atoms with E-state index >= 15 is 0 Å². The van der Waals surface area contributed by atoms with Crippen molar-refractivity contribution in [3.05, 3.63) is 96.3 Å². The number of hydrogen-bond acceptors (Lipinski definition) is 4. The van der Waals surface area contributed by atoms with Crippen molar-refractivity contribution in [2.45, 2.75) is 37.8 Å². The first-order chi connectivity index (χ1) is 17.2. The Morgan fingerprint density at radius 3 is 2.08 bits per heavy atom. The topological polar surface area (TPSA) is 86.8 Å². The normalized spacial score (nSPS) is 12.0. The summed E-state index contributed by atoms with van der Waals surface area (Å²) in [5.41, 5.74) is 1.08. The molecule has 1 unspecified atom stereocenters. The zero-order valence-electron chi connectivity index (χ0n) is 20.3. The molecule has 2 amide bonds. The summed E-state index contributed by atoms with van der Waals surface area (Å²) < 4.78 is 41.6. The monoisotopic (exact) mass is 511 g/mol. The Labute approximate surface area is 211 Å². The number of halogens is 1. The quantitative estimate of drug-likeness (QED) is 0.422. The summed E-state index contributed by atoms with van der Waals surface area (Å²) in [5, 5.41) is 2.80. The molecular formula is C27H30FN3O4S. The van der Waals surface area contributed by atoms with Crippen LogP contribution in [0.5, 0.6) is 0 Å². The van der Waals surface area contributed by atoms with Crippen molar-refractivity contribution >= 4 is 27.5 Å². The molecular weight excluding hydrogens is 481 g/mol. The van der Waals surface area contributed by atoms with Crippen LogP contribution >= 0.6 is 0 Å². The van der Waals surface area contributed by atoms with Gasteiger partial charge in [0.2, 0.25) is 11.8 Å². The molecule has 1 atom stereocenters. The lowest BCUT2D eigenvalue weighted by atomic mass is 10.1. The maximum Gasteiger partial charge on any atom is 0.264 e. The number of carbonyl (C=O) groups is 2. The molecule has 9 heteroatoms. The van der Waals surface area contributed by atoms with Gasteiger partial charge in [-0.3, -0.25) is 13.9 Å². The lowest BCUT2D eigenvalue weighted by Crippen LogP contribution is -2.51. The Morgan fingerprint density at radius 2 is 1.50 bits per heavy atom. The molecule has 190 valence electrons. The highest BCUT2D eigenvalue weighted by atomic mass is 32.2. The van der Waals surface area contributed by atoms with Gasteiger partial charge >= 0.3 is 0 Å². The van der Waals surface area contributed by atoms with E-state index in [1.165, 1.54) is 4.90 Å².